The van der Waals surface area contributed by atoms with Crippen LogP contribution in [0.3, 0.4) is 0 Å². The lowest BCUT2D eigenvalue weighted by Gasteiger charge is -2.27. The van der Waals surface area contributed by atoms with Crippen molar-refractivity contribution >= 4 is 17.8 Å². The molecule has 1 N–H and O–H groups in total. The van der Waals surface area contributed by atoms with Crippen LogP contribution in [-0.2, 0) is 9.47 Å². The molecule has 0 unspecified atom stereocenters. The van der Waals surface area contributed by atoms with Crippen LogP contribution in [0.1, 0.15) is 6.42 Å². The standard InChI is InChI=1S/C15H18ClNO5/c1-20-15(19)22-14-10-17(7-6-13(14)18)8-9-21-12-4-2-11(16)3-5-12/h2-5,18H,6-10H2,1H3. The molecule has 1 aliphatic rings. The van der Waals surface area contributed by atoms with Crippen LogP contribution in [-0.4, -0.2) is 49.5 Å². The summed E-state index contributed by atoms with van der Waals surface area (Å²) in [5.41, 5.74) is 0. The number of methoxy groups -OCH3 is 1. The van der Waals surface area contributed by atoms with Crippen molar-refractivity contribution in [2.75, 3.05) is 33.4 Å². The lowest BCUT2D eigenvalue weighted by Crippen LogP contribution is -2.36. The van der Waals surface area contributed by atoms with Crippen molar-refractivity contribution in [1.82, 2.24) is 4.90 Å². The second kappa shape index (κ2) is 7.91. The number of benzene rings is 1. The molecule has 1 aromatic carbocycles. The van der Waals surface area contributed by atoms with Gasteiger partial charge in [-0.15, -0.1) is 0 Å². The summed E-state index contributed by atoms with van der Waals surface area (Å²) in [5, 5.41) is 10.4. The van der Waals surface area contributed by atoms with Gasteiger partial charge in [-0.25, -0.2) is 4.79 Å². The molecule has 0 spiro atoms. The maximum atomic E-state index is 11.1. The Hall–Kier alpha value is -1.92. The van der Waals surface area contributed by atoms with Gasteiger partial charge < -0.3 is 19.3 Å². The fourth-order valence-electron chi connectivity index (χ4n) is 2.02. The number of aliphatic hydroxyl groups excluding tert-OH is 1. The number of aliphatic hydroxyl groups is 1. The summed E-state index contributed by atoms with van der Waals surface area (Å²) >= 11 is 5.81. The van der Waals surface area contributed by atoms with E-state index in [1.54, 1.807) is 24.3 Å². The molecule has 7 heteroatoms. The quantitative estimate of drug-likeness (QED) is 0.839. The normalized spacial score (nSPS) is 15.5. The molecule has 6 nitrogen and oxygen atoms in total. The average molecular weight is 328 g/mol. The van der Waals surface area contributed by atoms with Crippen molar-refractivity contribution in [1.29, 1.82) is 0 Å². The number of ether oxygens (including phenoxy) is 3. The third-order valence-electron chi connectivity index (χ3n) is 3.22. The summed E-state index contributed by atoms with van der Waals surface area (Å²) in [4.78, 5) is 13.1. The molecule has 0 amide bonds. The van der Waals surface area contributed by atoms with E-state index in [9.17, 15) is 9.90 Å². The van der Waals surface area contributed by atoms with Crippen LogP contribution in [0, 0.1) is 0 Å². The zero-order valence-electron chi connectivity index (χ0n) is 12.3. The molecule has 0 aromatic heterocycles. The highest BCUT2D eigenvalue weighted by atomic mass is 35.5. The van der Waals surface area contributed by atoms with E-state index < -0.39 is 6.16 Å². The Morgan fingerprint density at radius 2 is 2.09 bits per heavy atom. The van der Waals surface area contributed by atoms with Crippen LogP contribution in [0.25, 0.3) is 0 Å². The summed E-state index contributed by atoms with van der Waals surface area (Å²) in [5.74, 6) is 1.05. The minimum atomic E-state index is -0.833. The Kier molecular flexibility index (Phi) is 5.91. The zero-order valence-corrected chi connectivity index (χ0v) is 13.0. The molecule has 0 radical (unpaired) electrons. The first kappa shape index (κ1) is 16.5. The first-order valence-corrected chi connectivity index (χ1v) is 7.24. The largest absolute Gasteiger partial charge is 0.513 e. The highest BCUT2D eigenvalue weighted by Crippen LogP contribution is 2.18. The van der Waals surface area contributed by atoms with Crippen LogP contribution < -0.4 is 4.74 Å². The molecular weight excluding hydrogens is 310 g/mol. The number of halogens is 1. The summed E-state index contributed by atoms with van der Waals surface area (Å²) in [7, 11) is 1.22. The Morgan fingerprint density at radius 1 is 1.36 bits per heavy atom. The molecule has 0 atom stereocenters. The van der Waals surface area contributed by atoms with Gasteiger partial charge in [0.25, 0.3) is 0 Å². The third-order valence-corrected chi connectivity index (χ3v) is 3.47. The van der Waals surface area contributed by atoms with E-state index >= 15 is 0 Å². The molecule has 1 heterocycles. The van der Waals surface area contributed by atoms with Gasteiger partial charge in [-0.3, -0.25) is 4.90 Å². The first-order chi connectivity index (χ1) is 10.6. The molecular formula is C15H18ClNO5. The van der Waals surface area contributed by atoms with Crippen molar-refractivity contribution in [3.63, 3.8) is 0 Å². The van der Waals surface area contributed by atoms with Gasteiger partial charge in [-0.05, 0) is 24.3 Å². The molecule has 1 aromatic rings. The van der Waals surface area contributed by atoms with E-state index in [0.717, 1.165) is 5.75 Å². The van der Waals surface area contributed by atoms with Crippen LogP contribution >= 0.6 is 11.6 Å². The molecule has 1 aliphatic heterocycles. The van der Waals surface area contributed by atoms with Gasteiger partial charge in [-0.1, -0.05) is 11.6 Å². The monoisotopic (exact) mass is 327 g/mol. The Bertz CT molecular complexity index is 543. The number of carbonyl (C=O) groups excluding carboxylic acids is 1. The van der Waals surface area contributed by atoms with Crippen LogP contribution in [0.15, 0.2) is 35.8 Å². The Morgan fingerprint density at radius 3 is 2.77 bits per heavy atom. The number of nitrogens with zero attached hydrogens (tertiary/aromatic N) is 1. The molecule has 0 saturated carbocycles. The SMILES string of the molecule is COC(=O)OC1=C(O)CCN(CCOc2ccc(Cl)cc2)C1. The smallest absolute Gasteiger partial charge is 0.509 e. The van der Waals surface area contributed by atoms with Crippen molar-refractivity contribution in [2.24, 2.45) is 0 Å². The fourth-order valence-corrected chi connectivity index (χ4v) is 2.15. The topological polar surface area (TPSA) is 68.2 Å². The maximum Gasteiger partial charge on any atom is 0.513 e. The second-order valence-electron chi connectivity index (χ2n) is 4.75. The van der Waals surface area contributed by atoms with Gasteiger partial charge in [0.15, 0.2) is 5.76 Å². The number of hydrogen-bond acceptors (Lipinski definition) is 6. The van der Waals surface area contributed by atoms with Crippen LogP contribution in [0.2, 0.25) is 5.02 Å². The minimum Gasteiger partial charge on any atom is -0.509 e. The molecule has 0 bridgehead atoms. The van der Waals surface area contributed by atoms with Gasteiger partial charge in [-0.2, -0.15) is 0 Å². The van der Waals surface area contributed by atoms with Crippen LogP contribution in [0.4, 0.5) is 4.79 Å². The summed E-state index contributed by atoms with van der Waals surface area (Å²) in [6, 6.07) is 7.13. The predicted molar refractivity (Wildman–Crippen MR) is 81.1 cm³/mol. The van der Waals surface area contributed by atoms with Crippen molar-refractivity contribution in [3.05, 3.63) is 40.8 Å². The van der Waals surface area contributed by atoms with E-state index in [0.29, 0.717) is 37.7 Å². The predicted octanol–water partition coefficient (Wildman–Crippen LogP) is 2.98. The summed E-state index contributed by atoms with van der Waals surface area (Å²) in [6.45, 7) is 2.13. The Balaban J connectivity index is 1.79. The van der Waals surface area contributed by atoms with E-state index in [1.807, 2.05) is 4.90 Å². The van der Waals surface area contributed by atoms with E-state index in [1.165, 1.54) is 7.11 Å². The highest BCUT2D eigenvalue weighted by Gasteiger charge is 2.22. The minimum absolute atomic E-state index is 0.0836. The number of hydrogen-bond donors (Lipinski definition) is 1. The van der Waals surface area contributed by atoms with E-state index in [4.69, 9.17) is 21.1 Å². The number of rotatable bonds is 5. The molecule has 120 valence electrons. The summed E-state index contributed by atoms with van der Waals surface area (Å²) < 4.78 is 15.0. The molecule has 0 fully saturated rings. The van der Waals surface area contributed by atoms with Gasteiger partial charge in [0.05, 0.1) is 13.7 Å². The number of carbonyl (C=O) groups is 1. The van der Waals surface area contributed by atoms with Crippen molar-refractivity contribution in [2.45, 2.75) is 6.42 Å². The summed E-state index contributed by atoms with van der Waals surface area (Å²) in [6.07, 6.45) is -0.409. The maximum absolute atomic E-state index is 11.1. The zero-order chi connectivity index (χ0) is 15.9. The van der Waals surface area contributed by atoms with Gasteiger partial charge in [0.1, 0.15) is 18.1 Å². The average Bonchev–Trinajstić information content (AvgIpc) is 2.52. The highest BCUT2D eigenvalue weighted by molar-refractivity contribution is 6.30. The van der Waals surface area contributed by atoms with Gasteiger partial charge >= 0.3 is 6.16 Å². The van der Waals surface area contributed by atoms with Crippen molar-refractivity contribution < 1.29 is 24.1 Å². The van der Waals surface area contributed by atoms with Crippen LogP contribution in [0.5, 0.6) is 5.75 Å². The fraction of sp³-hybridized carbons (Fsp3) is 0.400. The van der Waals surface area contributed by atoms with E-state index in [2.05, 4.69) is 4.74 Å². The lowest BCUT2D eigenvalue weighted by molar-refractivity contribution is 0.0771. The van der Waals surface area contributed by atoms with E-state index in [-0.39, 0.29) is 11.5 Å². The van der Waals surface area contributed by atoms with Crippen molar-refractivity contribution in [3.8, 4) is 5.75 Å². The Labute approximate surface area is 133 Å². The molecule has 0 saturated heterocycles. The molecule has 22 heavy (non-hydrogen) atoms. The second-order valence-corrected chi connectivity index (χ2v) is 5.19. The molecule has 0 aliphatic carbocycles. The third kappa shape index (κ3) is 4.82. The first-order valence-electron chi connectivity index (χ1n) is 6.86. The van der Waals surface area contributed by atoms with Gasteiger partial charge in [0.2, 0.25) is 0 Å². The lowest BCUT2D eigenvalue weighted by atomic mass is 10.2. The van der Waals surface area contributed by atoms with Gasteiger partial charge in [0, 0.05) is 24.5 Å². The molecule has 2 rings (SSSR count).